The van der Waals surface area contributed by atoms with Crippen LogP contribution in [0.1, 0.15) is 26.3 Å². The molecule has 112 valence electrons. The number of carboxylic acid groups (broad SMARTS) is 1. The molecule has 1 atom stereocenters. The van der Waals surface area contributed by atoms with Crippen LogP contribution in [-0.2, 0) is 9.53 Å². The van der Waals surface area contributed by atoms with Crippen LogP contribution in [0.3, 0.4) is 0 Å². The quantitative estimate of drug-likeness (QED) is 0.806. The average Bonchev–Trinajstić information content (AvgIpc) is 2.83. The van der Waals surface area contributed by atoms with Gasteiger partial charge in [-0.3, -0.25) is 9.89 Å². The third-order valence-electron chi connectivity index (χ3n) is 2.81. The minimum Gasteiger partial charge on any atom is -0.548 e. The Kier molecular flexibility index (Phi) is 3.97. The van der Waals surface area contributed by atoms with Gasteiger partial charge >= 0.3 is 6.09 Å². The third kappa shape index (κ3) is 3.59. The zero-order valence-corrected chi connectivity index (χ0v) is 12.2. The van der Waals surface area contributed by atoms with Crippen molar-refractivity contribution in [2.75, 3.05) is 6.54 Å². The molecule has 0 fully saturated rings. The number of nitrogens with zero attached hydrogens (tertiary/aromatic N) is 2. The van der Waals surface area contributed by atoms with Crippen molar-refractivity contribution in [3.63, 3.8) is 0 Å². The van der Waals surface area contributed by atoms with Crippen LogP contribution in [0.5, 0.6) is 0 Å². The Balaban J connectivity index is 2.30. The van der Waals surface area contributed by atoms with Gasteiger partial charge in [-0.2, -0.15) is 0 Å². The van der Waals surface area contributed by atoms with E-state index in [0.29, 0.717) is 11.4 Å². The molecule has 6 heteroatoms. The number of hydrogen-bond acceptors (Lipinski definition) is 5. The zero-order valence-electron chi connectivity index (χ0n) is 12.2. The van der Waals surface area contributed by atoms with E-state index in [1.165, 1.54) is 4.90 Å². The lowest BCUT2D eigenvalue weighted by Gasteiger charge is -2.25. The van der Waals surface area contributed by atoms with Crippen LogP contribution < -0.4 is 5.11 Å². The number of amides is 1. The fourth-order valence-corrected chi connectivity index (χ4v) is 1.94. The SMILES string of the molecule is CC(C)(C)OC(=O)N1CC(C(=O)[O-])N=C1c1ccccc1. The maximum Gasteiger partial charge on any atom is 0.416 e. The Bertz CT molecular complexity index is 575. The monoisotopic (exact) mass is 289 g/mol. The van der Waals surface area contributed by atoms with E-state index in [-0.39, 0.29) is 6.54 Å². The van der Waals surface area contributed by atoms with Crippen molar-refractivity contribution in [3.8, 4) is 0 Å². The van der Waals surface area contributed by atoms with E-state index in [1.807, 2.05) is 6.07 Å². The first-order chi connectivity index (χ1) is 9.78. The molecule has 1 aliphatic heterocycles. The smallest absolute Gasteiger partial charge is 0.416 e. The highest BCUT2D eigenvalue weighted by molar-refractivity contribution is 6.09. The summed E-state index contributed by atoms with van der Waals surface area (Å²) in [6.07, 6.45) is -0.617. The maximum atomic E-state index is 12.2. The first-order valence-corrected chi connectivity index (χ1v) is 6.62. The molecular formula is C15H17N2O4-. The number of ether oxygens (including phenoxy) is 1. The second-order valence-corrected chi connectivity index (χ2v) is 5.74. The van der Waals surface area contributed by atoms with Gasteiger partial charge in [-0.1, -0.05) is 30.3 Å². The van der Waals surface area contributed by atoms with E-state index < -0.39 is 23.7 Å². The molecule has 0 N–H and O–H groups in total. The van der Waals surface area contributed by atoms with Crippen molar-refractivity contribution in [2.45, 2.75) is 32.4 Å². The molecule has 1 aromatic rings. The number of carbonyl (C=O) groups is 2. The number of carbonyl (C=O) groups excluding carboxylic acids is 2. The number of hydrogen-bond donors (Lipinski definition) is 0. The van der Waals surface area contributed by atoms with Gasteiger partial charge < -0.3 is 14.6 Å². The summed E-state index contributed by atoms with van der Waals surface area (Å²) in [6, 6.07) is 7.84. The second kappa shape index (κ2) is 5.55. The minimum absolute atomic E-state index is 0.0819. The molecule has 2 rings (SSSR count). The van der Waals surface area contributed by atoms with Gasteiger partial charge in [0.1, 0.15) is 17.5 Å². The number of aliphatic imine (C=N–C) groups is 1. The van der Waals surface area contributed by atoms with Crippen LogP contribution in [0.4, 0.5) is 4.79 Å². The predicted molar refractivity (Wildman–Crippen MR) is 74.7 cm³/mol. The zero-order chi connectivity index (χ0) is 15.6. The summed E-state index contributed by atoms with van der Waals surface area (Å²) in [6.45, 7) is 5.16. The van der Waals surface area contributed by atoms with Gasteiger partial charge in [-0.15, -0.1) is 0 Å². The highest BCUT2D eigenvalue weighted by atomic mass is 16.6. The van der Waals surface area contributed by atoms with Crippen molar-refractivity contribution in [3.05, 3.63) is 35.9 Å². The number of rotatable bonds is 2. The molecule has 0 aromatic heterocycles. The number of amidine groups is 1. The van der Waals surface area contributed by atoms with Crippen LogP contribution in [0.15, 0.2) is 35.3 Å². The van der Waals surface area contributed by atoms with Crippen LogP contribution in [-0.4, -0.2) is 41.0 Å². The molecule has 1 amide bonds. The summed E-state index contributed by atoms with van der Waals surface area (Å²) >= 11 is 0. The molecule has 1 heterocycles. The van der Waals surface area contributed by atoms with Crippen LogP contribution >= 0.6 is 0 Å². The minimum atomic E-state index is -1.31. The third-order valence-corrected chi connectivity index (χ3v) is 2.81. The van der Waals surface area contributed by atoms with Crippen molar-refractivity contribution in [1.82, 2.24) is 4.90 Å². The van der Waals surface area contributed by atoms with Gasteiger partial charge in [0.15, 0.2) is 0 Å². The van der Waals surface area contributed by atoms with E-state index in [0.717, 1.165) is 0 Å². The second-order valence-electron chi connectivity index (χ2n) is 5.74. The van der Waals surface area contributed by atoms with Gasteiger partial charge in [0.05, 0.1) is 12.5 Å². The first kappa shape index (κ1) is 15.0. The average molecular weight is 289 g/mol. The molecule has 0 saturated heterocycles. The molecular weight excluding hydrogens is 272 g/mol. The van der Waals surface area contributed by atoms with Crippen molar-refractivity contribution >= 4 is 17.9 Å². The molecule has 0 bridgehead atoms. The summed E-state index contributed by atoms with van der Waals surface area (Å²) in [5, 5.41) is 11.0. The summed E-state index contributed by atoms with van der Waals surface area (Å²) in [7, 11) is 0. The Morgan fingerprint density at radius 3 is 2.43 bits per heavy atom. The highest BCUT2D eigenvalue weighted by Gasteiger charge is 2.34. The maximum absolute atomic E-state index is 12.2. The van der Waals surface area contributed by atoms with Gasteiger partial charge in [0, 0.05) is 5.56 Å². The van der Waals surface area contributed by atoms with E-state index in [4.69, 9.17) is 4.74 Å². The summed E-state index contributed by atoms with van der Waals surface area (Å²) < 4.78 is 5.29. The van der Waals surface area contributed by atoms with Crippen molar-refractivity contribution in [2.24, 2.45) is 4.99 Å². The molecule has 0 saturated carbocycles. The summed E-state index contributed by atoms with van der Waals surface area (Å²) in [4.78, 5) is 28.6. The molecule has 1 aliphatic rings. The van der Waals surface area contributed by atoms with E-state index in [9.17, 15) is 14.7 Å². The highest BCUT2D eigenvalue weighted by Crippen LogP contribution is 2.19. The molecule has 21 heavy (non-hydrogen) atoms. The summed E-state index contributed by atoms with van der Waals surface area (Å²) in [5.74, 6) is -1.02. The van der Waals surface area contributed by atoms with E-state index in [2.05, 4.69) is 4.99 Å². The van der Waals surface area contributed by atoms with Crippen LogP contribution in [0, 0.1) is 0 Å². The Morgan fingerprint density at radius 2 is 1.90 bits per heavy atom. The first-order valence-electron chi connectivity index (χ1n) is 6.62. The predicted octanol–water partition coefficient (Wildman–Crippen LogP) is 0.802. The van der Waals surface area contributed by atoms with Crippen molar-refractivity contribution in [1.29, 1.82) is 0 Å². The van der Waals surface area contributed by atoms with Crippen LogP contribution in [0.25, 0.3) is 0 Å². The standard InChI is InChI=1S/C15H18N2O4/c1-15(2,3)21-14(20)17-9-11(13(18)19)16-12(17)10-7-5-4-6-8-10/h4-8,11H,9H2,1-3H3,(H,18,19)/p-1. The lowest BCUT2D eigenvalue weighted by Crippen LogP contribution is -2.43. The molecule has 0 aliphatic carbocycles. The number of benzene rings is 1. The number of aliphatic carboxylic acids is 1. The molecule has 0 spiro atoms. The Hall–Kier alpha value is -2.37. The lowest BCUT2D eigenvalue weighted by atomic mass is 10.2. The van der Waals surface area contributed by atoms with Crippen LogP contribution in [0.2, 0.25) is 0 Å². The van der Waals surface area contributed by atoms with E-state index in [1.54, 1.807) is 45.0 Å². The molecule has 1 aromatic carbocycles. The van der Waals surface area contributed by atoms with Gasteiger partial charge in [-0.25, -0.2) is 4.79 Å². The van der Waals surface area contributed by atoms with Crippen molar-refractivity contribution < 1.29 is 19.4 Å². The molecule has 6 nitrogen and oxygen atoms in total. The van der Waals surface area contributed by atoms with Gasteiger partial charge in [0.25, 0.3) is 0 Å². The largest absolute Gasteiger partial charge is 0.548 e. The topological polar surface area (TPSA) is 82.0 Å². The normalized spacial score (nSPS) is 18.3. The fraction of sp³-hybridized carbons (Fsp3) is 0.400. The molecule has 1 unspecified atom stereocenters. The fourth-order valence-electron chi connectivity index (χ4n) is 1.94. The molecule has 0 radical (unpaired) electrons. The summed E-state index contributed by atoms with van der Waals surface area (Å²) in [5.41, 5.74) is -0.00885. The number of carboxylic acids is 1. The lowest BCUT2D eigenvalue weighted by molar-refractivity contribution is -0.307. The van der Waals surface area contributed by atoms with Gasteiger partial charge in [0.2, 0.25) is 0 Å². The van der Waals surface area contributed by atoms with Gasteiger partial charge in [-0.05, 0) is 20.8 Å². The Morgan fingerprint density at radius 1 is 1.29 bits per heavy atom. The van der Waals surface area contributed by atoms with E-state index >= 15 is 0 Å². The Labute approximate surface area is 123 Å².